The predicted octanol–water partition coefficient (Wildman–Crippen LogP) is 2.94. The van der Waals surface area contributed by atoms with Gasteiger partial charge in [0.05, 0.1) is 17.5 Å². The van der Waals surface area contributed by atoms with Gasteiger partial charge in [-0.05, 0) is 36.5 Å². The summed E-state index contributed by atoms with van der Waals surface area (Å²) < 4.78 is 13.7. The Balaban J connectivity index is 1.82. The molecule has 2 bridgehead atoms. The number of anilines is 1. The highest BCUT2D eigenvalue weighted by atomic mass is 35.5. The molecule has 0 radical (unpaired) electrons. The van der Waals surface area contributed by atoms with Crippen molar-refractivity contribution in [1.29, 1.82) is 0 Å². The van der Waals surface area contributed by atoms with E-state index in [9.17, 15) is 19.1 Å². The Labute approximate surface area is 125 Å². The Morgan fingerprint density at radius 2 is 1.90 bits per heavy atom. The lowest BCUT2D eigenvalue weighted by molar-refractivity contribution is -0.146. The number of nitrogens with one attached hydrogen (secondary N) is 1. The molecule has 4 nitrogen and oxygen atoms in total. The lowest BCUT2D eigenvalue weighted by Gasteiger charge is -2.23. The van der Waals surface area contributed by atoms with E-state index in [1.165, 1.54) is 12.1 Å². The molecule has 1 aromatic rings. The molecule has 110 valence electrons. The monoisotopic (exact) mass is 309 g/mol. The Bertz CT molecular complexity index is 646. The summed E-state index contributed by atoms with van der Waals surface area (Å²) in [4.78, 5) is 23.7. The molecule has 4 atom stereocenters. The van der Waals surface area contributed by atoms with Gasteiger partial charge in [-0.25, -0.2) is 4.39 Å². The third kappa shape index (κ3) is 2.42. The van der Waals surface area contributed by atoms with E-state index in [1.807, 2.05) is 12.2 Å². The lowest BCUT2D eigenvalue weighted by atomic mass is 9.82. The van der Waals surface area contributed by atoms with E-state index in [1.54, 1.807) is 0 Å². The van der Waals surface area contributed by atoms with Crippen LogP contribution in [0.25, 0.3) is 0 Å². The molecule has 3 rings (SSSR count). The summed E-state index contributed by atoms with van der Waals surface area (Å²) in [6, 6.07) is 3.94. The second-order valence-electron chi connectivity index (χ2n) is 5.45. The summed E-state index contributed by atoms with van der Waals surface area (Å²) in [6.07, 6.45) is 4.40. The molecule has 0 aliphatic heterocycles. The van der Waals surface area contributed by atoms with E-state index in [0.29, 0.717) is 6.42 Å². The number of allylic oxidation sites excluding steroid dienone is 2. The van der Waals surface area contributed by atoms with Crippen molar-refractivity contribution in [2.75, 3.05) is 5.32 Å². The summed E-state index contributed by atoms with van der Waals surface area (Å²) in [5.41, 5.74) is 0.0142. The zero-order valence-electron chi connectivity index (χ0n) is 10.9. The van der Waals surface area contributed by atoms with Gasteiger partial charge in [0, 0.05) is 5.02 Å². The molecule has 6 heteroatoms. The van der Waals surface area contributed by atoms with Gasteiger partial charge >= 0.3 is 5.97 Å². The summed E-state index contributed by atoms with van der Waals surface area (Å²) in [7, 11) is 0. The highest BCUT2D eigenvalue weighted by Crippen LogP contribution is 2.48. The number of hydrogen-bond donors (Lipinski definition) is 2. The third-order valence-corrected chi connectivity index (χ3v) is 4.47. The fourth-order valence-electron chi connectivity index (χ4n) is 3.32. The summed E-state index contributed by atoms with van der Waals surface area (Å²) in [5, 5.41) is 12.0. The van der Waals surface area contributed by atoms with Crippen molar-refractivity contribution in [1.82, 2.24) is 0 Å². The van der Waals surface area contributed by atoms with Crippen molar-refractivity contribution in [2.45, 2.75) is 6.42 Å². The second kappa shape index (κ2) is 5.15. The highest BCUT2D eigenvalue weighted by molar-refractivity contribution is 6.30. The first-order chi connectivity index (χ1) is 9.97. The number of aliphatic carboxylic acids is 1. The minimum atomic E-state index is -0.983. The molecule has 2 aliphatic rings. The van der Waals surface area contributed by atoms with Gasteiger partial charge in [0.1, 0.15) is 5.82 Å². The van der Waals surface area contributed by atoms with Gasteiger partial charge in [0.2, 0.25) is 5.91 Å². The van der Waals surface area contributed by atoms with Gasteiger partial charge in [0.15, 0.2) is 0 Å². The number of benzene rings is 1. The van der Waals surface area contributed by atoms with Crippen molar-refractivity contribution in [3.05, 3.63) is 41.2 Å². The number of carboxylic acid groups (broad SMARTS) is 1. The topological polar surface area (TPSA) is 66.4 Å². The zero-order valence-corrected chi connectivity index (χ0v) is 11.7. The fourth-order valence-corrected chi connectivity index (χ4v) is 3.48. The SMILES string of the molecule is O=C(O)[C@@H]1C2C=CC(C2)[C@@H]1C(=O)Nc1ccc(Cl)cc1F. The quantitative estimate of drug-likeness (QED) is 0.844. The Morgan fingerprint density at radius 1 is 1.24 bits per heavy atom. The number of hydrogen-bond acceptors (Lipinski definition) is 2. The number of carbonyl (C=O) groups excluding carboxylic acids is 1. The maximum absolute atomic E-state index is 13.7. The summed E-state index contributed by atoms with van der Waals surface area (Å²) in [6.45, 7) is 0. The summed E-state index contributed by atoms with van der Waals surface area (Å²) >= 11 is 5.66. The van der Waals surface area contributed by atoms with Crippen molar-refractivity contribution in [3.63, 3.8) is 0 Å². The molecular weight excluding hydrogens is 297 g/mol. The first-order valence-electron chi connectivity index (χ1n) is 6.64. The third-order valence-electron chi connectivity index (χ3n) is 4.24. The zero-order chi connectivity index (χ0) is 15.1. The molecule has 0 saturated heterocycles. The van der Waals surface area contributed by atoms with E-state index in [-0.39, 0.29) is 22.5 Å². The van der Waals surface area contributed by atoms with Crippen molar-refractivity contribution >= 4 is 29.2 Å². The van der Waals surface area contributed by atoms with Gasteiger partial charge in [-0.15, -0.1) is 0 Å². The molecule has 0 aromatic heterocycles. The van der Waals surface area contributed by atoms with E-state index in [4.69, 9.17) is 11.6 Å². The van der Waals surface area contributed by atoms with Gasteiger partial charge in [-0.2, -0.15) is 0 Å². The molecule has 1 saturated carbocycles. The van der Waals surface area contributed by atoms with Crippen LogP contribution in [0.1, 0.15) is 6.42 Å². The maximum atomic E-state index is 13.7. The van der Waals surface area contributed by atoms with Crippen LogP contribution in [0.2, 0.25) is 5.02 Å². The largest absolute Gasteiger partial charge is 0.481 e. The molecular formula is C15H13ClFNO3. The Kier molecular flexibility index (Phi) is 3.45. The van der Waals surface area contributed by atoms with E-state index >= 15 is 0 Å². The van der Waals surface area contributed by atoms with Crippen LogP contribution in [-0.2, 0) is 9.59 Å². The van der Waals surface area contributed by atoms with Crippen LogP contribution >= 0.6 is 11.6 Å². The number of fused-ring (bicyclic) bond motifs is 2. The maximum Gasteiger partial charge on any atom is 0.307 e. The van der Waals surface area contributed by atoms with E-state index < -0.39 is 29.5 Å². The minimum absolute atomic E-state index is 0.0142. The molecule has 0 spiro atoms. The van der Waals surface area contributed by atoms with Crippen molar-refractivity contribution in [2.24, 2.45) is 23.7 Å². The van der Waals surface area contributed by atoms with Crippen LogP contribution < -0.4 is 5.32 Å². The molecule has 0 heterocycles. The van der Waals surface area contributed by atoms with Gasteiger partial charge in [-0.3, -0.25) is 9.59 Å². The molecule has 1 amide bonds. The second-order valence-corrected chi connectivity index (χ2v) is 5.89. The van der Waals surface area contributed by atoms with Crippen LogP contribution in [0.5, 0.6) is 0 Å². The van der Waals surface area contributed by atoms with E-state index in [0.717, 1.165) is 6.07 Å². The van der Waals surface area contributed by atoms with Crippen LogP contribution in [0.15, 0.2) is 30.4 Å². The summed E-state index contributed by atoms with van der Waals surface area (Å²) in [5.74, 6) is -3.68. The minimum Gasteiger partial charge on any atom is -0.481 e. The first-order valence-corrected chi connectivity index (χ1v) is 7.02. The number of amides is 1. The van der Waals surface area contributed by atoms with Crippen LogP contribution in [0.4, 0.5) is 10.1 Å². The number of carbonyl (C=O) groups is 2. The van der Waals surface area contributed by atoms with E-state index in [2.05, 4.69) is 5.32 Å². The van der Waals surface area contributed by atoms with Crippen molar-refractivity contribution in [3.8, 4) is 0 Å². The molecule has 2 unspecified atom stereocenters. The number of rotatable bonds is 3. The van der Waals surface area contributed by atoms with Crippen LogP contribution in [0, 0.1) is 29.5 Å². The standard InChI is InChI=1S/C15H13ClFNO3/c16-9-3-4-11(10(17)6-9)18-14(19)12-7-1-2-8(5-7)13(12)15(20)21/h1-4,6-8,12-13H,5H2,(H,18,19)(H,20,21)/t7?,8?,12-,13+/m0/s1. The van der Waals surface area contributed by atoms with Gasteiger partial charge < -0.3 is 10.4 Å². The number of halogens is 2. The molecule has 2 aliphatic carbocycles. The van der Waals surface area contributed by atoms with Gasteiger partial charge in [0.25, 0.3) is 0 Å². The van der Waals surface area contributed by atoms with Crippen molar-refractivity contribution < 1.29 is 19.1 Å². The average molecular weight is 310 g/mol. The Morgan fingerprint density at radius 3 is 2.52 bits per heavy atom. The highest BCUT2D eigenvalue weighted by Gasteiger charge is 2.51. The Hall–Kier alpha value is -1.88. The normalized spacial score (nSPS) is 29.6. The smallest absolute Gasteiger partial charge is 0.307 e. The average Bonchev–Trinajstić information content (AvgIpc) is 3.02. The predicted molar refractivity (Wildman–Crippen MR) is 75.4 cm³/mol. The number of carboxylic acids is 1. The van der Waals surface area contributed by atoms with Crippen LogP contribution in [0.3, 0.4) is 0 Å². The van der Waals surface area contributed by atoms with Gasteiger partial charge in [-0.1, -0.05) is 23.8 Å². The molecule has 21 heavy (non-hydrogen) atoms. The molecule has 1 fully saturated rings. The molecule has 2 N–H and O–H groups in total. The van der Waals surface area contributed by atoms with Crippen LogP contribution in [-0.4, -0.2) is 17.0 Å². The fraction of sp³-hybridized carbons (Fsp3) is 0.333. The molecule has 1 aromatic carbocycles. The first kappa shape index (κ1) is 14.1. The lowest BCUT2D eigenvalue weighted by Crippen LogP contribution is -2.36.